The molecule has 0 N–H and O–H groups in total. The summed E-state index contributed by atoms with van der Waals surface area (Å²) in [6.45, 7) is 9.10. The second-order valence-corrected chi connectivity index (χ2v) is 9.76. The predicted octanol–water partition coefficient (Wildman–Crippen LogP) is 3.30. The van der Waals surface area contributed by atoms with E-state index in [1.165, 1.54) is 4.31 Å². The molecule has 1 fully saturated rings. The number of aryl methyl sites for hydroxylation is 3. The number of hydrogen-bond acceptors (Lipinski definition) is 4. The van der Waals surface area contributed by atoms with Crippen LogP contribution in [0.15, 0.2) is 47.4 Å². The van der Waals surface area contributed by atoms with Gasteiger partial charge in [-0.15, -0.1) is 0 Å². The Balaban J connectivity index is 1.64. The Morgan fingerprint density at radius 2 is 1.57 bits per heavy atom. The number of carbonyl (C=O) groups excluding carboxylic acids is 1. The molecule has 3 rings (SSSR count). The number of hydrogen-bond donors (Lipinski definition) is 0. The van der Waals surface area contributed by atoms with Crippen molar-refractivity contribution in [1.29, 1.82) is 0 Å². The summed E-state index contributed by atoms with van der Waals surface area (Å²) in [7, 11) is -3.55. The fraction of sp³-hybridized carbons (Fsp3) is 0.435. The lowest BCUT2D eigenvalue weighted by Gasteiger charge is -2.35. The van der Waals surface area contributed by atoms with E-state index in [1.54, 1.807) is 29.2 Å². The Kier molecular flexibility index (Phi) is 6.83. The molecule has 162 valence electrons. The van der Waals surface area contributed by atoms with E-state index in [9.17, 15) is 13.2 Å². The lowest BCUT2D eigenvalue weighted by molar-refractivity contribution is -0.140. The van der Waals surface area contributed by atoms with E-state index in [4.69, 9.17) is 4.74 Å². The fourth-order valence-electron chi connectivity index (χ4n) is 3.60. The topological polar surface area (TPSA) is 66.9 Å². The van der Waals surface area contributed by atoms with Crippen molar-refractivity contribution in [3.05, 3.63) is 59.2 Å². The first-order valence-electron chi connectivity index (χ1n) is 10.3. The average molecular weight is 431 g/mol. The van der Waals surface area contributed by atoms with E-state index in [0.717, 1.165) is 16.7 Å². The second kappa shape index (κ2) is 9.18. The summed E-state index contributed by atoms with van der Waals surface area (Å²) < 4.78 is 33.2. The van der Waals surface area contributed by atoms with Crippen LogP contribution in [0.25, 0.3) is 0 Å². The molecular weight excluding hydrogens is 400 g/mol. The van der Waals surface area contributed by atoms with Crippen molar-refractivity contribution in [1.82, 2.24) is 9.21 Å². The van der Waals surface area contributed by atoms with Gasteiger partial charge in [0.25, 0.3) is 5.91 Å². The molecule has 1 amide bonds. The minimum Gasteiger partial charge on any atom is -0.480 e. The van der Waals surface area contributed by atoms with Crippen LogP contribution in [-0.4, -0.2) is 55.8 Å². The largest absolute Gasteiger partial charge is 0.480 e. The third-order valence-electron chi connectivity index (χ3n) is 5.45. The number of ether oxygens (including phenoxy) is 1. The second-order valence-electron chi connectivity index (χ2n) is 7.83. The maximum absolute atomic E-state index is 13.0. The zero-order valence-corrected chi connectivity index (χ0v) is 18.9. The molecule has 1 heterocycles. The van der Waals surface area contributed by atoms with Gasteiger partial charge < -0.3 is 9.64 Å². The minimum atomic E-state index is -3.55. The molecule has 1 unspecified atom stereocenters. The van der Waals surface area contributed by atoms with Crippen LogP contribution in [0.4, 0.5) is 0 Å². The van der Waals surface area contributed by atoms with Gasteiger partial charge in [0.15, 0.2) is 6.10 Å². The van der Waals surface area contributed by atoms with Gasteiger partial charge >= 0.3 is 0 Å². The maximum Gasteiger partial charge on any atom is 0.263 e. The van der Waals surface area contributed by atoms with E-state index < -0.39 is 16.1 Å². The van der Waals surface area contributed by atoms with Gasteiger partial charge in [-0.1, -0.05) is 42.3 Å². The van der Waals surface area contributed by atoms with E-state index in [-0.39, 0.29) is 23.9 Å². The number of rotatable bonds is 6. The van der Waals surface area contributed by atoms with Crippen molar-refractivity contribution in [3.63, 3.8) is 0 Å². The Morgan fingerprint density at radius 3 is 2.13 bits per heavy atom. The number of benzene rings is 2. The molecule has 0 aliphatic carbocycles. The van der Waals surface area contributed by atoms with Crippen LogP contribution in [-0.2, 0) is 14.8 Å². The van der Waals surface area contributed by atoms with Crippen molar-refractivity contribution >= 4 is 15.9 Å². The summed E-state index contributed by atoms with van der Waals surface area (Å²) in [5.74, 6) is 0.617. The molecule has 1 aliphatic heterocycles. The van der Waals surface area contributed by atoms with Crippen LogP contribution in [0, 0.1) is 20.8 Å². The normalized spacial score (nSPS) is 16.3. The monoisotopic (exact) mass is 430 g/mol. The third-order valence-corrected chi connectivity index (χ3v) is 7.37. The molecule has 0 bridgehead atoms. The molecule has 6 nitrogen and oxygen atoms in total. The molecule has 1 atom stereocenters. The molecule has 0 radical (unpaired) electrons. The number of nitrogens with zero attached hydrogens (tertiary/aromatic N) is 2. The number of carbonyl (C=O) groups is 1. The molecule has 1 saturated heterocycles. The van der Waals surface area contributed by atoms with Crippen molar-refractivity contribution in [2.75, 3.05) is 26.2 Å². The van der Waals surface area contributed by atoms with Gasteiger partial charge in [0.05, 0.1) is 4.90 Å². The van der Waals surface area contributed by atoms with Crippen molar-refractivity contribution in [3.8, 4) is 5.75 Å². The quantitative estimate of drug-likeness (QED) is 0.705. The van der Waals surface area contributed by atoms with Gasteiger partial charge in [-0.25, -0.2) is 8.42 Å². The number of amides is 1. The molecule has 0 aromatic heterocycles. The molecule has 2 aromatic rings. The summed E-state index contributed by atoms with van der Waals surface area (Å²) in [6.07, 6.45) is -0.0275. The molecular formula is C23H30N2O4S. The highest BCUT2D eigenvalue weighted by molar-refractivity contribution is 7.89. The highest BCUT2D eigenvalue weighted by atomic mass is 32.2. The van der Waals surface area contributed by atoms with E-state index >= 15 is 0 Å². The average Bonchev–Trinajstić information content (AvgIpc) is 2.73. The molecule has 2 aromatic carbocycles. The highest BCUT2D eigenvalue weighted by Crippen LogP contribution is 2.23. The first-order chi connectivity index (χ1) is 14.2. The standard InChI is InChI=1S/C23H30N2O4S/c1-5-21(29-22-11-8-18(3)16-19(22)4)23(26)24-12-14-25(15-13-24)30(27,28)20-9-6-17(2)7-10-20/h6-11,16,21H,5,12-15H2,1-4H3. The van der Waals surface area contributed by atoms with Crippen molar-refractivity contribution < 1.29 is 17.9 Å². The van der Waals surface area contributed by atoms with Gasteiger partial charge in [-0.2, -0.15) is 4.31 Å². The van der Waals surface area contributed by atoms with Crippen molar-refractivity contribution in [2.24, 2.45) is 0 Å². The summed E-state index contributed by atoms with van der Waals surface area (Å²) >= 11 is 0. The smallest absolute Gasteiger partial charge is 0.263 e. The van der Waals surface area contributed by atoms with Gasteiger partial charge in [-0.05, 0) is 51.0 Å². The molecule has 30 heavy (non-hydrogen) atoms. The Morgan fingerprint density at radius 1 is 0.967 bits per heavy atom. The van der Waals surface area contributed by atoms with Crippen LogP contribution in [0.1, 0.15) is 30.0 Å². The van der Waals surface area contributed by atoms with Gasteiger partial charge in [0, 0.05) is 26.2 Å². The Bertz CT molecular complexity index is 994. The van der Waals surface area contributed by atoms with E-state index in [0.29, 0.717) is 25.3 Å². The maximum atomic E-state index is 13.0. The van der Waals surface area contributed by atoms with Crippen LogP contribution >= 0.6 is 0 Å². The fourth-order valence-corrected chi connectivity index (χ4v) is 5.03. The van der Waals surface area contributed by atoms with E-state index in [1.807, 2.05) is 45.9 Å². The van der Waals surface area contributed by atoms with Crippen LogP contribution in [0.5, 0.6) is 5.75 Å². The van der Waals surface area contributed by atoms with Gasteiger partial charge in [0.2, 0.25) is 10.0 Å². The number of piperazine rings is 1. The first kappa shape index (κ1) is 22.3. The highest BCUT2D eigenvalue weighted by Gasteiger charge is 2.32. The number of sulfonamides is 1. The van der Waals surface area contributed by atoms with E-state index in [2.05, 4.69) is 0 Å². The van der Waals surface area contributed by atoms with Gasteiger partial charge in [-0.3, -0.25) is 4.79 Å². The van der Waals surface area contributed by atoms with Crippen LogP contribution < -0.4 is 4.74 Å². The predicted molar refractivity (Wildman–Crippen MR) is 117 cm³/mol. The lowest BCUT2D eigenvalue weighted by Crippen LogP contribution is -2.53. The summed E-state index contributed by atoms with van der Waals surface area (Å²) in [4.78, 5) is 15.0. The van der Waals surface area contributed by atoms with Crippen LogP contribution in [0.3, 0.4) is 0 Å². The van der Waals surface area contributed by atoms with Gasteiger partial charge in [0.1, 0.15) is 5.75 Å². The van der Waals surface area contributed by atoms with Crippen LogP contribution in [0.2, 0.25) is 0 Å². The molecule has 0 spiro atoms. The SMILES string of the molecule is CCC(Oc1ccc(C)cc1C)C(=O)N1CCN(S(=O)(=O)c2ccc(C)cc2)CC1. The zero-order valence-electron chi connectivity index (χ0n) is 18.1. The minimum absolute atomic E-state index is 0.0927. The molecule has 7 heteroatoms. The third kappa shape index (κ3) is 4.84. The first-order valence-corrected chi connectivity index (χ1v) is 11.8. The Labute approximate surface area is 179 Å². The lowest BCUT2D eigenvalue weighted by atomic mass is 10.1. The van der Waals surface area contributed by atoms with Crippen molar-refractivity contribution in [2.45, 2.75) is 45.1 Å². The molecule has 1 aliphatic rings. The zero-order chi connectivity index (χ0) is 21.9. The summed E-state index contributed by atoms with van der Waals surface area (Å²) in [5, 5.41) is 0. The summed E-state index contributed by atoms with van der Waals surface area (Å²) in [6, 6.07) is 12.7. The Hall–Kier alpha value is -2.38. The summed E-state index contributed by atoms with van der Waals surface area (Å²) in [5.41, 5.74) is 3.15. The molecule has 0 saturated carbocycles.